The molecule has 19 heavy (non-hydrogen) atoms. The summed E-state index contributed by atoms with van der Waals surface area (Å²) in [6.07, 6.45) is 4.95. The van der Waals surface area contributed by atoms with Crippen LogP contribution in [0.3, 0.4) is 0 Å². The molecular formula is C14H11N3O2. The van der Waals surface area contributed by atoms with Crippen LogP contribution in [0, 0.1) is 11.3 Å². The highest BCUT2D eigenvalue weighted by Gasteiger charge is 2.07. The molecule has 0 spiro atoms. The van der Waals surface area contributed by atoms with E-state index < -0.39 is 11.2 Å². The van der Waals surface area contributed by atoms with Crippen molar-refractivity contribution >= 4 is 6.08 Å². The van der Waals surface area contributed by atoms with E-state index in [0.717, 1.165) is 5.56 Å². The van der Waals surface area contributed by atoms with Crippen molar-refractivity contribution in [1.29, 1.82) is 5.26 Å². The number of nitrogens with zero attached hydrogens (tertiary/aromatic N) is 2. The van der Waals surface area contributed by atoms with Crippen LogP contribution in [0.1, 0.15) is 18.1 Å². The number of aromatic nitrogens is 2. The lowest BCUT2D eigenvalue weighted by atomic mass is 10.1. The van der Waals surface area contributed by atoms with Gasteiger partial charge in [-0.1, -0.05) is 30.4 Å². The molecule has 2 aromatic rings. The van der Waals surface area contributed by atoms with Crippen molar-refractivity contribution < 1.29 is 0 Å². The van der Waals surface area contributed by atoms with E-state index in [1.165, 1.54) is 10.8 Å². The van der Waals surface area contributed by atoms with E-state index in [1.807, 2.05) is 31.2 Å². The largest absolute Gasteiger partial charge is 0.333 e. The van der Waals surface area contributed by atoms with E-state index in [9.17, 15) is 9.59 Å². The van der Waals surface area contributed by atoms with E-state index in [-0.39, 0.29) is 5.56 Å². The highest BCUT2D eigenvalue weighted by molar-refractivity contribution is 5.60. The number of benzene rings is 1. The molecule has 0 aliphatic rings. The zero-order valence-corrected chi connectivity index (χ0v) is 10.3. The second-order valence-corrected chi connectivity index (χ2v) is 3.84. The van der Waals surface area contributed by atoms with Gasteiger partial charge in [-0.3, -0.25) is 14.3 Å². The van der Waals surface area contributed by atoms with Gasteiger partial charge in [0.2, 0.25) is 0 Å². The molecule has 94 valence electrons. The van der Waals surface area contributed by atoms with Gasteiger partial charge in [-0.15, -0.1) is 0 Å². The average Bonchev–Trinajstić information content (AvgIpc) is 2.40. The van der Waals surface area contributed by atoms with Gasteiger partial charge in [-0.25, -0.2) is 4.79 Å². The van der Waals surface area contributed by atoms with Crippen molar-refractivity contribution in [2.75, 3.05) is 0 Å². The number of aromatic amines is 1. The van der Waals surface area contributed by atoms with Crippen molar-refractivity contribution in [3.63, 3.8) is 0 Å². The number of rotatable bonds is 2. The fourth-order valence-electron chi connectivity index (χ4n) is 1.76. The van der Waals surface area contributed by atoms with Crippen molar-refractivity contribution in [3.8, 4) is 11.8 Å². The predicted octanol–water partition coefficient (Wildman–Crippen LogP) is 1.43. The summed E-state index contributed by atoms with van der Waals surface area (Å²) >= 11 is 0. The number of hydrogen-bond acceptors (Lipinski definition) is 3. The molecule has 1 N–H and O–H groups in total. The number of hydrogen-bond donors (Lipinski definition) is 1. The third-order valence-electron chi connectivity index (χ3n) is 2.61. The Morgan fingerprint density at radius 3 is 2.74 bits per heavy atom. The Labute approximate surface area is 109 Å². The Morgan fingerprint density at radius 2 is 2.05 bits per heavy atom. The SMILES string of the molecule is CC=Cc1ccccc1-n1cc(C#N)c(=O)[nH]c1=O. The molecule has 0 bridgehead atoms. The van der Waals surface area contributed by atoms with Crippen molar-refractivity contribution in [3.05, 3.63) is 68.5 Å². The summed E-state index contributed by atoms with van der Waals surface area (Å²) in [5, 5.41) is 8.85. The topological polar surface area (TPSA) is 78.7 Å². The zero-order valence-electron chi connectivity index (χ0n) is 10.3. The lowest BCUT2D eigenvalue weighted by Gasteiger charge is -2.08. The van der Waals surface area contributed by atoms with E-state index >= 15 is 0 Å². The van der Waals surface area contributed by atoms with Crippen LogP contribution in [-0.2, 0) is 0 Å². The van der Waals surface area contributed by atoms with Crippen molar-refractivity contribution in [2.24, 2.45) is 0 Å². The van der Waals surface area contributed by atoms with Crippen molar-refractivity contribution in [1.82, 2.24) is 9.55 Å². The maximum Gasteiger partial charge on any atom is 0.333 e. The van der Waals surface area contributed by atoms with Gasteiger partial charge in [-0.2, -0.15) is 5.26 Å². The van der Waals surface area contributed by atoms with Gasteiger partial charge < -0.3 is 0 Å². The van der Waals surface area contributed by atoms with Gasteiger partial charge in [0.25, 0.3) is 5.56 Å². The van der Waals surface area contributed by atoms with Gasteiger partial charge in [0.15, 0.2) is 0 Å². The van der Waals surface area contributed by atoms with Crippen molar-refractivity contribution in [2.45, 2.75) is 6.92 Å². The number of nitriles is 1. The minimum absolute atomic E-state index is 0.102. The van der Waals surface area contributed by atoms with E-state index in [1.54, 1.807) is 18.2 Å². The number of para-hydroxylation sites is 1. The first-order chi connectivity index (χ1) is 9.17. The zero-order chi connectivity index (χ0) is 13.8. The molecule has 0 atom stereocenters. The molecule has 0 fully saturated rings. The fourth-order valence-corrected chi connectivity index (χ4v) is 1.76. The summed E-state index contributed by atoms with van der Waals surface area (Å²) < 4.78 is 1.26. The minimum Gasteiger partial charge on any atom is -0.273 e. The van der Waals surface area contributed by atoms with Gasteiger partial charge in [0.05, 0.1) is 5.69 Å². The molecule has 0 aliphatic heterocycles. The molecule has 0 saturated heterocycles. The van der Waals surface area contributed by atoms with Crippen LogP contribution < -0.4 is 11.2 Å². The molecular weight excluding hydrogens is 242 g/mol. The van der Waals surface area contributed by atoms with E-state index in [0.29, 0.717) is 5.69 Å². The van der Waals surface area contributed by atoms with E-state index in [2.05, 4.69) is 4.98 Å². The summed E-state index contributed by atoms with van der Waals surface area (Å²) in [4.78, 5) is 25.3. The molecule has 5 heteroatoms. The fraction of sp³-hybridized carbons (Fsp3) is 0.0714. The standard InChI is InChI=1S/C14H11N3O2/c1-2-5-10-6-3-4-7-12(10)17-9-11(8-15)13(18)16-14(17)19/h2-7,9H,1H3,(H,16,18,19). The molecule has 5 nitrogen and oxygen atoms in total. The van der Waals surface area contributed by atoms with Gasteiger partial charge in [-0.05, 0) is 18.6 Å². The second-order valence-electron chi connectivity index (χ2n) is 3.84. The second kappa shape index (κ2) is 5.19. The first-order valence-electron chi connectivity index (χ1n) is 5.65. The van der Waals surface area contributed by atoms with Crippen LogP contribution in [-0.4, -0.2) is 9.55 Å². The summed E-state index contributed by atoms with van der Waals surface area (Å²) in [6, 6.07) is 8.99. The lowest BCUT2D eigenvalue weighted by Crippen LogP contribution is -2.30. The first kappa shape index (κ1) is 12.6. The van der Waals surface area contributed by atoms with Crippen LogP contribution in [0.2, 0.25) is 0 Å². The molecule has 0 aliphatic carbocycles. The molecule has 1 heterocycles. The van der Waals surface area contributed by atoms with E-state index in [4.69, 9.17) is 5.26 Å². The van der Waals surface area contributed by atoms with Gasteiger partial charge >= 0.3 is 5.69 Å². The maximum atomic E-state index is 11.8. The number of H-pyrrole nitrogens is 1. The molecule has 0 radical (unpaired) electrons. The van der Waals surface area contributed by atoms with Crippen LogP contribution in [0.4, 0.5) is 0 Å². The molecule has 0 amide bonds. The summed E-state index contributed by atoms with van der Waals surface area (Å²) in [5.74, 6) is 0. The molecule has 2 rings (SSSR count). The Bertz CT molecular complexity index is 791. The third-order valence-corrected chi connectivity index (χ3v) is 2.61. The highest BCUT2D eigenvalue weighted by atomic mass is 16.2. The minimum atomic E-state index is -0.674. The summed E-state index contributed by atoms with van der Waals surface area (Å²) in [5.41, 5.74) is 0.0875. The molecule has 1 aromatic carbocycles. The normalized spacial score (nSPS) is 10.5. The third kappa shape index (κ3) is 2.38. The van der Waals surface area contributed by atoms with Crippen LogP contribution >= 0.6 is 0 Å². The average molecular weight is 253 g/mol. The van der Waals surface area contributed by atoms with Crippen LogP contribution in [0.15, 0.2) is 46.1 Å². The monoisotopic (exact) mass is 253 g/mol. The smallest absolute Gasteiger partial charge is 0.273 e. The predicted molar refractivity (Wildman–Crippen MR) is 72.1 cm³/mol. The maximum absolute atomic E-state index is 11.8. The van der Waals surface area contributed by atoms with Gasteiger partial charge in [0, 0.05) is 6.20 Å². The van der Waals surface area contributed by atoms with Crippen LogP contribution in [0.25, 0.3) is 11.8 Å². The van der Waals surface area contributed by atoms with Gasteiger partial charge in [0.1, 0.15) is 11.6 Å². The lowest BCUT2D eigenvalue weighted by molar-refractivity contribution is 0.888. The Morgan fingerprint density at radius 1 is 1.32 bits per heavy atom. The number of nitrogens with one attached hydrogen (secondary N) is 1. The molecule has 0 saturated carbocycles. The first-order valence-corrected chi connectivity index (χ1v) is 5.65. The summed E-state index contributed by atoms with van der Waals surface area (Å²) in [6.45, 7) is 1.87. The molecule has 1 aromatic heterocycles. The quantitative estimate of drug-likeness (QED) is 0.879. The van der Waals surface area contributed by atoms with Crippen LogP contribution in [0.5, 0.6) is 0 Å². The number of allylic oxidation sites excluding steroid dienone is 1. The molecule has 0 unspecified atom stereocenters. The highest BCUT2D eigenvalue weighted by Crippen LogP contribution is 2.14. The Kier molecular flexibility index (Phi) is 3.44. The summed E-state index contributed by atoms with van der Waals surface area (Å²) in [7, 11) is 0. The Hall–Kier alpha value is -2.87. The Balaban J connectivity index is 2.77.